The number of anilines is 2. The largest absolute Gasteiger partial charge is 0.321 e. The first-order valence-electron chi connectivity index (χ1n) is 9.36. The first kappa shape index (κ1) is 19.3. The number of hydrogen-bond acceptors (Lipinski definition) is 3. The maximum Gasteiger partial charge on any atom is 0.321 e. The molecule has 3 aromatic rings. The van der Waals surface area contributed by atoms with Crippen LogP contribution in [0.2, 0.25) is 0 Å². The van der Waals surface area contributed by atoms with Crippen molar-refractivity contribution in [1.29, 1.82) is 0 Å². The minimum Gasteiger partial charge on any atom is -0.311 e. The molecule has 0 saturated carbocycles. The van der Waals surface area contributed by atoms with Crippen molar-refractivity contribution in [2.24, 2.45) is 4.99 Å². The summed E-state index contributed by atoms with van der Waals surface area (Å²) in [7, 11) is 1.64. The summed E-state index contributed by atoms with van der Waals surface area (Å²) < 4.78 is 13.4. The monoisotopic (exact) mass is 402 g/mol. The van der Waals surface area contributed by atoms with Crippen LogP contribution in [0.4, 0.5) is 20.6 Å². The molecule has 7 heteroatoms. The van der Waals surface area contributed by atoms with Crippen LogP contribution in [0.5, 0.6) is 0 Å². The number of halogens is 1. The summed E-state index contributed by atoms with van der Waals surface area (Å²) in [6.07, 6.45) is -1.15. The molecule has 0 spiro atoms. The van der Waals surface area contributed by atoms with E-state index < -0.39 is 18.0 Å². The molecule has 1 atom stereocenters. The van der Waals surface area contributed by atoms with Crippen LogP contribution in [-0.4, -0.2) is 30.9 Å². The molecule has 1 heterocycles. The Morgan fingerprint density at radius 1 is 1.00 bits per heavy atom. The van der Waals surface area contributed by atoms with Gasteiger partial charge in [-0.1, -0.05) is 54.6 Å². The number of benzodiazepines with no additional fused rings is 1. The van der Waals surface area contributed by atoms with Crippen LogP contribution in [0.15, 0.2) is 83.9 Å². The van der Waals surface area contributed by atoms with Crippen LogP contribution >= 0.6 is 0 Å². The van der Waals surface area contributed by atoms with Gasteiger partial charge in [-0.25, -0.2) is 14.2 Å². The lowest BCUT2D eigenvalue weighted by Gasteiger charge is -2.21. The van der Waals surface area contributed by atoms with Gasteiger partial charge in [0, 0.05) is 23.9 Å². The van der Waals surface area contributed by atoms with Crippen molar-refractivity contribution in [3.05, 3.63) is 95.8 Å². The lowest BCUT2D eigenvalue weighted by atomic mass is 10.0. The third-order valence-corrected chi connectivity index (χ3v) is 4.74. The third-order valence-electron chi connectivity index (χ3n) is 4.74. The number of amides is 3. The second kappa shape index (κ2) is 8.16. The molecule has 0 fully saturated rings. The van der Waals surface area contributed by atoms with E-state index in [1.807, 2.05) is 54.6 Å². The number of aliphatic imine (C=N–C) groups is 1. The molecule has 1 aliphatic heterocycles. The topological polar surface area (TPSA) is 73.8 Å². The second-order valence-corrected chi connectivity index (χ2v) is 6.77. The highest BCUT2D eigenvalue weighted by Crippen LogP contribution is 2.27. The molecule has 30 heavy (non-hydrogen) atoms. The van der Waals surface area contributed by atoms with Crippen molar-refractivity contribution in [2.45, 2.75) is 6.17 Å². The number of carbonyl (C=O) groups is 2. The number of hydrogen-bond donors (Lipinski definition) is 2. The van der Waals surface area contributed by atoms with E-state index in [1.165, 1.54) is 23.1 Å². The van der Waals surface area contributed by atoms with Crippen LogP contribution < -0.4 is 15.5 Å². The van der Waals surface area contributed by atoms with Gasteiger partial charge >= 0.3 is 6.03 Å². The van der Waals surface area contributed by atoms with Crippen LogP contribution in [0.3, 0.4) is 0 Å². The van der Waals surface area contributed by atoms with Crippen LogP contribution in [0.25, 0.3) is 0 Å². The molecule has 3 amide bonds. The molecule has 0 aliphatic carbocycles. The average Bonchev–Trinajstić information content (AvgIpc) is 2.85. The third kappa shape index (κ3) is 3.91. The Kier molecular flexibility index (Phi) is 5.26. The van der Waals surface area contributed by atoms with E-state index in [4.69, 9.17) is 0 Å². The quantitative estimate of drug-likeness (QED) is 0.700. The van der Waals surface area contributed by atoms with Gasteiger partial charge in [0.25, 0.3) is 5.91 Å². The van der Waals surface area contributed by atoms with Gasteiger partial charge < -0.3 is 15.5 Å². The number of urea groups is 1. The van der Waals surface area contributed by atoms with Crippen molar-refractivity contribution in [3.8, 4) is 0 Å². The van der Waals surface area contributed by atoms with Crippen molar-refractivity contribution >= 4 is 29.0 Å². The predicted molar refractivity (Wildman–Crippen MR) is 114 cm³/mol. The van der Waals surface area contributed by atoms with Gasteiger partial charge in [-0.2, -0.15) is 0 Å². The summed E-state index contributed by atoms with van der Waals surface area (Å²) in [6.45, 7) is 0. The molecule has 0 unspecified atom stereocenters. The van der Waals surface area contributed by atoms with Crippen molar-refractivity contribution in [1.82, 2.24) is 5.32 Å². The van der Waals surface area contributed by atoms with E-state index in [0.29, 0.717) is 11.4 Å². The second-order valence-electron chi connectivity index (χ2n) is 6.77. The Labute approximate surface area is 173 Å². The lowest BCUT2D eigenvalue weighted by molar-refractivity contribution is -0.119. The van der Waals surface area contributed by atoms with Gasteiger partial charge in [0.1, 0.15) is 5.82 Å². The molecular weight excluding hydrogens is 383 g/mol. The summed E-state index contributed by atoms with van der Waals surface area (Å²) in [4.78, 5) is 31.6. The molecule has 4 rings (SSSR count). The summed E-state index contributed by atoms with van der Waals surface area (Å²) in [5.74, 6) is -0.860. The van der Waals surface area contributed by atoms with Gasteiger partial charge in [-0.3, -0.25) is 4.79 Å². The highest BCUT2D eigenvalue weighted by molar-refractivity contribution is 6.20. The summed E-state index contributed by atoms with van der Waals surface area (Å²) in [5, 5.41) is 5.12. The molecule has 1 aliphatic rings. The van der Waals surface area contributed by atoms with Gasteiger partial charge in [0.15, 0.2) is 0 Å². The number of rotatable bonds is 3. The van der Waals surface area contributed by atoms with Crippen molar-refractivity contribution in [2.75, 3.05) is 17.3 Å². The van der Waals surface area contributed by atoms with E-state index in [2.05, 4.69) is 15.6 Å². The maximum absolute atomic E-state index is 13.4. The normalized spacial score (nSPS) is 15.7. The van der Waals surface area contributed by atoms with Gasteiger partial charge in [-0.15, -0.1) is 0 Å². The summed E-state index contributed by atoms with van der Waals surface area (Å²) >= 11 is 0. The Morgan fingerprint density at radius 2 is 1.73 bits per heavy atom. The molecule has 6 nitrogen and oxygen atoms in total. The smallest absolute Gasteiger partial charge is 0.311 e. The number of para-hydroxylation sites is 1. The summed E-state index contributed by atoms with van der Waals surface area (Å²) in [6, 6.07) is 21.7. The first-order valence-corrected chi connectivity index (χ1v) is 9.36. The highest BCUT2D eigenvalue weighted by atomic mass is 19.1. The molecule has 0 aromatic heterocycles. The standard InChI is InChI=1S/C23H19FN4O2/c1-28-19-13-6-5-12-18(19)20(15-8-3-2-4-9-15)26-21(22(28)29)27-23(30)25-17-11-7-10-16(24)14-17/h2-14,21H,1H3,(H2,25,27,30)/t21-/m1/s1. The van der Waals surface area contributed by atoms with Gasteiger partial charge in [0.05, 0.1) is 11.4 Å². The van der Waals surface area contributed by atoms with E-state index in [0.717, 1.165) is 11.1 Å². The molecular formula is C23H19FN4O2. The maximum atomic E-state index is 13.4. The highest BCUT2D eigenvalue weighted by Gasteiger charge is 2.30. The van der Waals surface area contributed by atoms with Crippen LogP contribution in [-0.2, 0) is 4.79 Å². The average molecular weight is 402 g/mol. The predicted octanol–water partition coefficient (Wildman–Crippen LogP) is 3.79. The summed E-state index contributed by atoms with van der Waals surface area (Å²) in [5.41, 5.74) is 3.18. The van der Waals surface area contributed by atoms with Crippen LogP contribution in [0, 0.1) is 5.82 Å². The minimum atomic E-state index is -1.15. The molecule has 0 bridgehead atoms. The van der Waals surface area contributed by atoms with E-state index in [-0.39, 0.29) is 11.6 Å². The molecule has 0 radical (unpaired) electrons. The van der Waals surface area contributed by atoms with E-state index >= 15 is 0 Å². The molecule has 0 saturated heterocycles. The minimum absolute atomic E-state index is 0.275. The molecule has 150 valence electrons. The van der Waals surface area contributed by atoms with E-state index in [9.17, 15) is 14.0 Å². The Balaban J connectivity index is 1.69. The fourth-order valence-corrected chi connectivity index (χ4v) is 3.30. The Hall–Kier alpha value is -4.00. The number of nitrogens with zero attached hydrogens (tertiary/aromatic N) is 2. The van der Waals surface area contributed by atoms with Gasteiger partial charge in [-0.05, 0) is 24.3 Å². The first-order chi connectivity index (χ1) is 14.5. The number of nitrogens with one attached hydrogen (secondary N) is 2. The van der Waals surface area contributed by atoms with E-state index in [1.54, 1.807) is 13.1 Å². The van der Waals surface area contributed by atoms with Crippen molar-refractivity contribution in [3.63, 3.8) is 0 Å². The number of benzene rings is 3. The fraction of sp³-hybridized carbons (Fsp3) is 0.0870. The van der Waals surface area contributed by atoms with Crippen molar-refractivity contribution < 1.29 is 14.0 Å². The Bertz CT molecular complexity index is 1130. The number of fused-ring (bicyclic) bond motifs is 1. The van der Waals surface area contributed by atoms with Crippen LogP contribution in [0.1, 0.15) is 11.1 Å². The molecule has 2 N–H and O–H groups in total. The SMILES string of the molecule is CN1C(=O)[C@@H](NC(=O)Nc2cccc(F)c2)N=C(c2ccccc2)c2ccccc21. The zero-order chi connectivity index (χ0) is 21.1. The zero-order valence-electron chi connectivity index (χ0n) is 16.2. The molecule has 3 aromatic carbocycles. The zero-order valence-corrected chi connectivity index (χ0v) is 16.2. The van der Waals surface area contributed by atoms with Gasteiger partial charge in [0.2, 0.25) is 6.17 Å². The Morgan fingerprint density at radius 3 is 2.50 bits per heavy atom. The number of likely N-dealkylation sites (N-methyl/N-ethyl adjacent to an activating group) is 1. The lowest BCUT2D eigenvalue weighted by Crippen LogP contribution is -2.47. The fourth-order valence-electron chi connectivity index (χ4n) is 3.30. The number of carbonyl (C=O) groups excluding carboxylic acids is 2.